The van der Waals surface area contributed by atoms with Gasteiger partial charge in [-0.3, -0.25) is 19.2 Å². The number of halogens is 2. The van der Waals surface area contributed by atoms with Gasteiger partial charge in [0.15, 0.2) is 23.1 Å². The van der Waals surface area contributed by atoms with Crippen LogP contribution in [0.1, 0.15) is 120 Å². The Labute approximate surface area is 431 Å². The highest BCUT2D eigenvalue weighted by Gasteiger charge is 2.30. The van der Waals surface area contributed by atoms with Crippen molar-refractivity contribution in [3.63, 3.8) is 0 Å². The number of rotatable bonds is 10. The second kappa shape index (κ2) is 22.2. The van der Waals surface area contributed by atoms with Gasteiger partial charge in [0.25, 0.3) is 11.8 Å². The highest BCUT2D eigenvalue weighted by Crippen LogP contribution is 2.42. The van der Waals surface area contributed by atoms with Gasteiger partial charge < -0.3 is 39.0 Å². The van der Waals surface area contributed by atoms with Crippen molar-refractivity contribution in [2.45, 2.75) is 91.9 Å². The summed E-state index contributed by atoms with van der Waals surface area (Å²) in [7, 11) is 6.43. The molecule has 8 rings (SSSR count). The van der Waals surface area contributed by atoms with Gasteiger partial charge in [-0.2, -0.15) is 0 Å². The highest BCUT2D eigenvalue weighted by atomic mass is 19.1. The van der Waals surface area contributed by atoms with Crippen LogP contribution in [0.25, 0.3) is 0 Å². The fourth-order valence-electron chi connectivity index (χ4n) is 9.10. The number of benzene rings is 6. The molecule has 0 heterocycles. The molecular weight excluding hydrogens is 947 g/mol. The van der Waals surface area contributed by atoms with Crippen LogP contribution in [0.4, 0.5) is 20.2 Å². The molecule has 0 saturated heterocycles. The molecule has 74 heavy (non-hydrogen) atoms. The summed E-state index contributed by atoms with van der Waals surface area (Å²) in [4.78, 5) is 54.0. The summed E-state index contributed by atoms with van der Waals surface area (Å²) in [6.07, 6.45) is 4.81. The van der Waals surface area contributed by atoms with Gasteiger partial charge >= 0.3 is 11.9 Å². The largest absolute Gasteiger partial charge is 0.505 e. The standard InChI is InChI=1S/2C30H32FNO5/c2*1-30(2,3)29(35)37-23-10-8-18-14-20(7-6-19(18)15-23)24-12-11-22(36-5)17-26(24)32(4)28(34)21-9-13-27(33)25(31)16-21/h2*8-13,15-17,20,33H,6-7,14H2,1-5H3/t2*20-/m10/s1. The van der Waals surface area contributed by atoms with E-state index in [-0.39, 0.29) is 34.9 Å². The van der Waals surface area contributed by atoms with Gasteiger partial charge in [-0.1, -0.05) is 24.3 Å². The molecule has 0 saturated carbocycles. The van der Waals surface area contributed by atoms with Crippen molar-refractivity contribution in [3.05, 3.63) is 165 Å². The molecule has 0 aromatic heterocycles. The van der Waals surface area contributed by atoms with Crippen LogP contribution in [0.5, 0.6) is 34.5 Å². The third kappa shape index (κ3) is 12.4. The average molecular weight is 1010 g/mol. The SMILES string of the molecule is COc1ccc([C@@H]2CCc3cc(OC(=O)C(C)(C)C)ccc3C2)c(N(C)C(=O)c2ccc(O)c(F)c2)c1.COc1ccc([C@H]2CCc3cc(OC(=O)C(C)(C)C)ccc3C2)c(N(C)C(=O)c2ccc(O)c(F)c2)c1. The molecule has 2 aliphatic carbocycles. The summed E-state index contributed by atoms with van der Waals surface area (Å²) in [5.74, 6) is -1.43. The lowest BCUT2D eigenvalue weighted by Crippen LogP contribution is -2.28. The number of nitrogens with zero attached hydrogens (tertiary/aromatic N) is 2. The van der Waals surface area contributed by atoms with E-state index in [0.29, 0.717) is 34.4 Å². The smallest absolute Gasteiger partial charge is 0.316 e. The lowest BCUT2D eigenvalue weighted by atomic mass is 9.79. The lowest BCUT2D eigenvalue weighted by Gasteiger charge is -2.30. The van der Waals surface area contributed by atoms with E-state index in [9.17, 15) is 38.2 Å². The number of hydrogen-bond donors (Lipinski definition) is 2. The van der Waals surface area contributed by atoms with Crippen LogP contribution in [0.15, 0.2) is 109 Å². The molecule has 12 nitrogen and oxygen atoms in total. The highest BCUT2D eigenvalue weighted by molar-refractivity contribution is 6.07. The van der Waals surface area contributed by atoms with E-state index >= 15 is 0 Å². The Morgan fingerprint density at radius 2 is 0.865 bits per heavy atom. The van der Waals surface area contributed by atoms with E-state index in [1.807, 2.05) is 114 Å². The summed E-state index contributed by atoms with van der Waals surface area (Å²) < 4.78 is 49.8. The topological polar surface area (TPSA) is 152 Å². The van der Waals surface area contributed by atoms with E-state index in [1.165, 1.54) is 45.2 Å². The van der Waals surface area contributed by atoms with Gasteiger partial charge in [-0.15, -0.1) is 0 Å². The molecule has 388 valence electrons. The van der Waals surface area contributed by atoms with Crippen molar-refractivity contribution in [3.8, 4) is 34.5 Å². The second-order valence-corrected chi connectivity index (χ2v) is 20.9. The second-order valence-electron chi connectivity index (χ2n) is 20.9. The van der Waals surface area contributed by atoms with Gasteiger partial charge in [-0.25, -0.2) is 8.78 Å². The summed E-state index contributed by atoms with van der Waals surface area (Å²) >= 11 is 0. The van der Waals surface area contributed by atoms with Crippen molar-refractivity contribution in [2.75, 3.05) is 38.1 Å². The number of fused-ring (bicyclic) bond motifs is 2. The first-order chi connectivity index (χ1) is 34.9. The zero-order chi connectivity index (χ0) is 53.8. The first kappa shape index (κ1) is 54.0. The maximum atomic E-state index is 13.9. The lowest BCUT2D eigenvalue weighted by molar-refractivity contribution is -0.143. The predicted octanol–water partition coefficient (Wildman–Crippen LogP) is 12.1. The van der Waals surface area contributed by atoms with Gasteiger partial charge in [-0.05, 0) is 198 Å². The van der Waals surface area contributed by atoms with Gasteiger partial charge in [0.05, 0.1) is 36.4 Å². The molecule has 0 unspecified atom stereocenters. The summed E-state index contributed by atoms with van der Waals surface area (Å²) in [5, 5.41) is 19.0. The first-order valence-corrected chi connectivity index (χ1v) is 24.5. The number of hydrogen-bond acceptors (Lipinski definition) is 10. The number of aryl methyl sites for hydroxylation is 2. The minimum Gasteiger partial charge on any atom is -0.505 e. The van der Waals surface area contributed by atoms with Crippen LogP contribution in [-0.4, -0.2) is 62.3 Å². The minimum atomic E-state index is -0.846. The van der Waals surface area contributed by atoms with Crippen molar-refractivity contribution < 1.29 is 57.1 Å². The molecule has 14 heteroatoms. The fourth-order valence-corrected chi connectivity index (χ4v) is 9.10. The molecule has 6 aromatic rings. The number of esters is 2. The number of anilines is 2. The first-order valence-electron chi connectivity index (χ1n) is 24.5. The van der Waals surface area contributed by atoms with E-state index in [0.717, 1.165) is 72.9 Å². The van der Waals surface area contributed by atoms with Crippen LogP contribution < -0.4 is 28.7 Å². The number of aromatic hydroxyl groups is 2. The molecule has 0 radical (unpaired) electrons. The van der Waals surface area contributed by atoms with Crippen molar-refractivity contribution in [1.29, 1.82) is 0 Å². The summed E-state index contributed by atoms with van der Waals surface area (Å²) in [5.41, 5.74) is 7.09. The monoisotopic (exact) mass is 1010 g/mol. The van der Waals surface area contributed by atoms with E-state index < -0.39 is 45.8 Å². The molecule has 0 fully saturated rings. The Balaban J connectivity index is 0.000000216. The third-order valence-electron chi connectivity index (χ3n) is 13.5. The number of carbonyl (C=O) groups is 4. The number of ether oxygens (including phenoxy) is 4. The Morgan fingerprint density at radius 3 is 1.20 bits per heavy atom. The summed E-state index contributed by atoms with van der Waals surface area (Å²) in [6, 6.07) is 30.1. The molecule has 2 atom stereocenters. The predicted molar refractivity (Wildman–Crippen MR) is 280 cm³/mol. The molecule has 0 bridgehead atoms. The molecule has 2 amide bonds. The van der Waals surface area contributed by atoms with Crippen LogP contribution >= 0.6 is 0 Å². The van der Waals surface area contributed by atoms with E-state index in [4.69, 9.17) is 18.9 Å². The van der Waals surface area contributed by atoms with E-state index in [2.05, 4.69) is 0 Å². The van der Waals surface area contributed by atoms with E-state index in [1.54, 1.807) is 28.3 Å². The zero-order valence-electron chi connectivity index (χ0n) is 43.6. The summed E-state index contributed by atoms with van der Waals surface area (Å²) in [6.45, 7) is 10.9. The van der Waals surface area contributed by atoms with Crippen LogP contribution in [0.2, 0.25) is 0 Å². The van der Waals surface area contributed by atoms with Gasteiger partial charge in [0.2, 0.25) is 0 Å². The number of amides is 2. The number of methoxy groups -OCH3 is 2. The van der Waals surface area contributed by atoms with Crippen molar-refractivity contribution in [1.82, 2.24) is 0 Å². The maximum absolute atomic E-state index is 13.9. The molecule has 2 aliphatic rings. The Kier molecular flexibility index (Phi) is 16.2. The van der Waals surface area contributed by atoms with Crippen LogP contribution in [0.3, 0.4) is 0 Å². The number of carbonyl (C=O) groups excluding carboxylic acids is 4. The maximum Gasteiger partial charge on any atom is 0.316 e. The van der Waals surface area contributed by atoms with Gasteiger partial charge in [0, 0.05) is 37.4 Å². The van der Waals surface area contributed by atoms with Crippen molar-refractivity contribution in [2.24, 2.45) is 10.8 Å². The number of phenols is 2. The zero-order valence-corrected chi connectivity index (χ0v) is 43.6. The Morgan fingerprint density at radius 1 is 0.500 bits per heavy atom. The molecule has 2 N–H and O–H groups in total. The van der Waals surface area contributed by atoms with Crippen LogP contribution in [0, 0.1) is 22.5 Å². The van der Waals surface area contributed by atoms with Crippen LogP contribution in [-0.2, 0) is 35.3 Å². The molecule has 0 spiro atoms. The quantitative estimate of drug-likeness (QED) is 0.100. The van der Waals surface area contributed by atoms with Gasteiger partial charge in [0.1, 0.15) is 23.0 Å². The number of phenolic OH excluding ortho intramolecular Hbond substituents is 2. The van der Waals surface area contributed by atoms with Crippen molar-refractivity contribution >= 4 is 35.1 Å². The molecule has 6 aromatic carbocycles. The molecular formula is C60H64F2N2O10. The fraction of sp³-hybridized carbons (Fsp3) is 0.333. The Bertz CT molecular complexity index is 2900. The molecule has 0 aliphatic heterocycles. The Hall–Kier alpha value is -7.74. The third-order valence-corrected chi connectivity index (χ3v) is 13.5. The normalized spacial score (nSPS) is 15.0. The average Bonchev–Trinajstić information content (AvgIpc) is 3.38. The minimum absolute atomic E-state index is 0.137.